The van der Waals surface area contributed by atoms with Gasteiger partial charge in [-0.2, -0.15) is 0 Å². The maximum Gasteiger partial charge on any atom is 0.193 e. The predicted octanol–water partition coefficient (Wildman–Crippen LogP) is 2.48. The molecule has 116 valence electrons. The molecule has 0 aromatic carbocycles. The highest BCUT2D eigenvalue weighted by atomic mass is 127. The number of nitrogens with one attached hydrogen (secondary N) is 1. The van der Waals surface area contributed by atoms with Gasteiger partial charge >= 0.3 is 0 Å². The van der Waals surface area contributed by atoms with Crippen LogP contribution in [-0.2, 0) is 4.74 Å². The Kier molecular flexibility index (Phi) is 5.95. The number of guanidine groups is 1. The summed E-state index contributed by atoms with van der Waals surface area (Å²) >= 11 is 0. The van der Waals surface area contributed by atoms with Gasteiger partial charge in [0.25, 0.3) is 0 Å². The largest absolute Gasteiger partial charge is 0.378 e. The number of nitrogens with zero attached hydrogens (tertiary/aromatic N) is 2. The Balaban J connectivity index is 0.00000147. The average molecular weight is 393 g/mol. The molecule has 1 N–H and O–H groups in total. The lowest BCUT2D eigenvalue weighted by Gasteiger charge is -2.34. The number of aliphatic imine (C=N–C) groups is 1. The lowest BCUT2D eigenvalue weighted by molar-refractivity contribution is 0.0131. The van der Waals surface area contributed by atoms with Gasteiger partial charge < -0.3 is 15.0 Å². The van der Waals surface area contributed by atoms with Gasteiger partial charge in [0.2, 0.25) is 0 Å². The molecule has 4 nitrogen and oxygen atoms in total. The molecule has 1 saturated heterocycles. The topological polar surface area (TPSA) is 36.9 Å². The molecule has 5 heteroatoms. The van der Waals surface area contributed by atoms with Crippen LogP contribution in [0.25, 0.3) is 0 Å². The van der Waals surface area contributed by atoms with Gasteiger partial charge in [-0.25, -0.2) is 0 Å². The molecule has 3 rings (SSSR count). The van der Waals surface area contributed by atoms with E-state index in [2.05, 4.69) is 22.1 Å². The van der Waals surface area contributed by atoms with Crippen LogP contribution in [0.2, 0.25) is 0 Å². The fourth-order valence-electron chi connectivity index (χ4n) is 2.78. The Bertz CT molecular complexity index is 338. The van der Waals surface area contributed by atoms with E-state index in [4.69, 9.17) is 4.74 Å². The van der Waals surface area contributed by atoms with Crippen LogP contribution in [0.5, 0.6) is 0 Å². The predicted molar refractivity (Wildman–Crippen MR) is 92.7 cm³/mol. The molecule has 2 atom stereocenters. The number of hydrogen-bond acceptors (Lipinski definition) is 2. The molecule has 0 spiro atoms. The highest BCUT2D eigenvalue weighted by Gasteiger charge is 2.34. The average Bonchev–Trinajstić information content (AvgIpc) is 3.33. The molecule has 3 aliphatic rings. The highest BCUT2D eigenvalue weighted by Crippen LogP contribution is 2.31. The summed E-state index contributed by atoms with van der Waals surface area (Å²) < 4.78 is 5.99. The molecule has 0 bridgehead atoms. The number of piperidine rings is 1. The molecule has 2 saturated carbocycles. The van der Waals surface area contributed by atoms with E-state index in [0.717, 1.165) is 50.3 Å². The molecule has 20 heavy (non-hydrogen) atoms. The first-order chi connectivity index (χ1) is 9.26. The van der Waals surface area contributed by atoms with Crippen LogP contribution in [0.1, 0.15) is 39.0 Å². The van der Waals surface area contributed by atoms with Gasteiger partial charge in [-0.1, -0.05) is 6.92 Å². The molecule has 0 amide bonds. The smallest absolute Gasteiger partial charge is 0.193 e. The minimum Gasteiger partial charge on any atom is -0.378 e. The second kappa shape index (κ2) is 7.29. The van der Waals surface area contributed by atoms with Crippen molar-refractivity contribution in [1.82, 2.24) is 10.2 Å². The van der Waals surface area contributed by atoms with E-state index in [9.17, 15) is 0 Å². The van der Waals surface area contributed by atoms with Crippen molar-refractivity contribution in [2.75, 3.05) is 26.7 Å². The van der Waals surface area contributed by atoms with Crippen molar-refractivity contribution < 1.29 is 4.74 Å². The number of likely N-dealkylation sites (tertiary alicyclic amines) is 1. The molecule has 2 unspecified atom stereocenters. The zero-order chi connectivity index (χ0) is 13.2. The van der Waals surface area contributed by atoms with Crippen LogP contribution in [-0.4, -0.2) is 49.7 Å². The third kappa shape index (κ3) is 4.48. The summed E-state index contributed by atoms with van der Waals surface area (Å²) in [4.78, 5) is 6.82. The maximum atomic E-state index is 5.99. The summed E-state index contributed by atoms with van der Waals surface area (Å²) in [6.45, 7) is 5.45. The van der Waals surface area contributed by atoms with Crippen LogP contribution in [0, 0.1) is 11.8 Å². The van der Waals surface area contributed by atoms with Crippen LogP contribution in [0.15, 0.2) is 4.99 Å². The molecule has 0 radical (unpaired) electrons. The van der Waals surface area contributed by atoms with E-state index in [1.807, 2.05) is 7.05 Å². The summed E-state index contributed by atoms with van der Waals surface area (Å²) in [5.74, 6) is 2.79. The van der Waals surface area contributed by atoms with Crippen molar-refractivity contribution >= 4 is 29.9 Å². The maximum absolute atomic E-state index is 5.99. The fourth-order valence-corrected chi connectivity index (χ4v) is 2.78. The Morgan fingerprint density at radius 3 is 2.40 bits per heavy atom. The Hall–Kier alpha value is -0.0400. The monoisotopic (exact) mass is 393 g/mol. The number of halogens is 1. The van der Waals surface area contributed by atoms with Crippen molar-refractivity contribution in [3.8, 4) is 0 Å². The van der Waals surface area contributed by atoms with Crippen molar-refractivity contribution in [3.63, 3.8) is 0 Å². The normalized spacial score (nSPS) is 30.9. The molecular weight excluding hydrogens is 365 g/mol. The lowest BCUT2D eigenvalue weighted by atomic mass is 10.1. The zero-order valence-electron chi connectivity index (χ0n) is 12.7. The molecule has 2 aliphatic carbocycles. The van der Waals surface area contributed by atoms with Gasteiger partial charge in [0, 0.05) is 32.8 Å². The second-order valence-corrected chi connectivity index (χ2v) is 6.47. The molecule has 3 fully saturated rings. The van der Waals surface area contributed by atoms with Crippen LogP contribution >= 0.6 is 24.0 Å². The lowest BCUT2D eigenvalue weighted by Crippen LogP contribution is -2.47. The quantitative estimate of drug-likeness (QED) is 0.453. The minimum atomic E-state index is 0. The molecule has 0 aromatic heterocycles. The number of rotatable bonds is 4. The minimum absolute atomic E-state index is 0. The summed E-state index contributed by atoms with van der Waals surface area (Å²) in [5, 5.41) is 3.57. The third-order valence-corrected chi connectivity index (χ3v) is 4.64. The standard InChI is InChI=1S/C15H27N3O.HI/c1-11-9-14(11)17-15(16-2)18-7-5-13(6-8-18)19-10-12-3-4-12;/h11-14H,3-10H2,1-2H3,(H,16,17);1H. The van der Waals surface area contributed by atoms with Crippen LogP contribution in [0.4, 0.5) is 0 Å². The van der Waals surface area contributed by atoms with Gasteiger partial charge in [-0.15, -0.1) is 24.0 Å². The molecule has 1 heterocycles. The van der Waals surface area contributed by atoms with E-state index in [1.54, 1.807) is 0 Å². The number of hydrogen-bond donors (Lipinski definition) is 1. The second-order valence-electron chi connectivity index (χ2n) is 6.47. The first kappa shape index (κ1) is 16.3. The Labute approximate surface area is 139 Å². The summed E-state index contributed by atoms with van der Waals surface area (Å²) in [5.41, 5.74) is 0. The first-order valence-electron chi connectivity index (χ1n) is 7.86. The van der Waals surface area contributed by atoms with E-state index >= 15 is 0 Å². The van der Waals surface area contributed by atoms with E-state index in [-0.39, 0.29) is 24.0 Å². The molecule has 0 aromatic rings. The summed E-state index contributed by atoms with van der Waals surface area (Å²) in [7, 11) is 1.89. The van der Waals surface area contributed by atoms with Gasteiger partial charge in [0.1, 0.15) is 0 Å². The van der Waals surface area contributed by atoms with E-state index < -0.39 is 0 Å². The van der Waals surface area contributed by atoms with Gasteiger partial charge in [0.05, 0.1) is 6.10 Å². The van der Waals surface area contributed by atoms with Crippen molar-refractivity contribution in [2.45, 2.75) is 51.2 Å². The van der Waals surface area contributed by atoms with Gasteiger partial charge in [-0.05, 0) is 43.9 Å². The van der Waals surface area contributed by atoms with Crippen molar-refractivity contribution in [2.24, 2.45) is 16.8 Å². The van der Waals surface area contributed by atoms with E-state index in [0.29, 0.717) is 12.1 Å². The molecular formula is C15H28IN3O. The van der Waals surface area contributed by atoms with E-state index in [1.165, 1.54) is 19.3 Å². The molecule has 1 aliphatic heterocycles. The summed E-state index contributed by atoms with van der Waals surface area (Å²) in [6.07, 6.45) is 6.83. The van der Waals surface area contributed by atoms with Crippen LogP contribution in [0.3, 0.4) is 0 Å². The van der Waals surface area contributed by atoms with Crippen molar-refractivity contribution in [3.05, 3.63) is 0 Å². The van der Waals surface area contributed by atoms with Crippen molar-refractivity contribution in [1.29, 1.82) is 0 Å². The highest BCUT2D eigenvalue weighted by molar-refractivity contribution is 14.0. The third-order valence-electron chi connectivity index (χ3n) is 4.64. The number of ether oxygens (including phenoxy) is 1. The Morgan fingerprint density at radius 2 is 1.90 bits per heavy atom. The first-order valence-corrected chi connectivity index (χ1v) is 7.86. The van der Waals surface area contributed by atoms with Gasteiger partial charge in [0.15, 0.2) is 5.96 Å². The van der Waals surface area contributed by atoms with Gasteiger partial charge in [-0.3, -0.25) is 4.99 Å². The summed E-state index contributed by atoms with van der Waals surface area (Å²) in [6, 6.07) is 0.655. The fraction of sp³-hybridized carbons (Fsp3) is 0.933. The Morgan fingerprint density at radius 1 is 1.25 bits per heavy atom. The zero-order valence-corrected chi connectivity index (χ0v) is 15.0. The van der Waals surface area contributed by atoms with Crippen LogP contribution < -0.4 is 5.32 Å². The SMILES string of the molecule is CN=C(NC1CC1C)N1CCC(OCC2CC2)CC1.I.